The normalized spacial score (nSPS) is 11.8. The average Bonchev–Trinajstić information content (AvgIpc) is 3.18. The van der Waals surface area contributed by atoms with Gasteiger partial charge in [-0.2, -0.15) is 0 Å². The van der Waals surface area contributed by atoms with E-state index in [9.17, 15) is 0 Å². The van der Waals surface area contributed by atoms with Gasteiger partial charge in [0.25, 0.3) is 0 Å². The van der Waals surface area contributed by atoms with E-state index in [-0.39, 0.29) is 0 Å². The van der Waals surface area contributed by atoms with Crippen LogP contribution in [-0.2, 0) is 6.61 Å². The van der Waals surface area contributed by atoms with Gasteiger partial charge >= 0.3 is 0 Å². The van der Waals surface area contributed by atoms with E-state index in [1.165, 1.54) is 55.3 Å². The summed E-state index contributed by atoms with van der Waals surface area (Å²) in [6.45, 7) is 0.531. The van der Waals surface area contributed by atoms with Crippen molar-refractivity contribution in [3.05, 3.63) is 194 Å². The fourth-order valence-corrected chi connectivity index (χ4v) is 7.02. The molecule has 0 N–H and O–H groups in total. The van der Waals surface area contributed by atoms with Gasteiger partial charge in [0.15, 0.2) is 5.75 Å². The van der Waals surface area contributed by atoms with Crippen molar-refractivity contribution in [3.8, 4) is 50.3 Å². The van der Waals surface area contributed by atoms with Crippen molar-refractivity contribution in [2.75, 3.05) is 4.90 Å². The third kappa shape index (κ3) is 5.44. The maximum Gasteiger partial charge on any atom is 0.151 e. The van der Waals surface area contributed by atoms with Crippen molar-refractivity contribution < 1.29 is 4.74 Å². The molecule has 0 spiro atoms. The number of fused-ring (bicyclic) bond motifs is 4. The molecule has 0 fully saturated rings. The summed E-state index contributed by atoms with van der Waals surface area (Å²) < 4.78 is 6.65. The number of rotatable bonds is 6. The Kier molecular flexibility index (Phi) is 7.25. The molecule has 2 heteroatoms. The minimum absolute atomic E-state index is 0.531. The third-order valence-electron chi connectivity index (χ3n) is 9.55. The lowest BCUT2D eigenvalue weighted by atomic mass is 9.93. The van der Waals surface area contributed by atoms with Gasteiger partial charge in [-0.1, -0.05) is 146 Å². The maximum absolute atomic E-state index is 6.65. The number of anilines is 3. The summed E-state index contributed by atoms with van der Waals surface area (Å²) in [6.07, 6.45) is 0. The molecule has 232 valence electrons. The average molecular weight is 628 g/mol. The van der Waals surface area contributed by atoms with Gasteiger partial charge in [-0.15, -0.1) is 0 Å². The zero-order valence-corrected chi connectivity index (χ0v) is 27.0. The topological polar surface area (TPSA) is 12.5 Å². The molecule has 1 aliphatic heterocycles. The summed E-state index contributed by atoms with van der Waals surface area (Å²) in [4.78, 5) is 2.32. The predicted octanol–water partition coefficient (Wildman–Crippen LogP) is 12.9. The second kappa shape index (κ2) is 12.3. The van der Waals surface area contributed by atoms with Crippen LogP contribution in [-0.4, -0.2) is 0 Å². The number of hydrogen-bond donors (Lipinski definition) is 0. The molecule has 8 aromatic rings. The number of nitrogens with zero attached hydrogens (tertiary/aromatic N) is 1. The Hall–Kier alpha value is -6.38. The van der Waals surface area contributed by atoms with Crippen LogP contribution in [0.4, 0.5) is 17.1 Å². The van der Waals surface area contributed by atoms with Gasteiger partial charge in [0.05, 0.1) is 5.69 Å². The number of para-hydroxylation sites is 1. The lowest BCUT2D eigenvalue weighted by Gasteiger charge is -2.31. The molecule has 0 radical (unpaired) electrons. The van der Waals surface area contributed by atoms with Gasteiger partial charge < -0.3 is 9.64 Å². The fraction of sp³-hybridized carbons (Fsp3) is 0.0213. The largest absolute Gasteiger partial charge is 0.486 e. The molecule has 0 saturated heterocycles. The maximum atomic E-state index is 6.65. The van der Waals surface area contributed by atoms with E-state index in [4.69, 9.17) is 4.74 Å². The molecule has 8 aromatic carbocycles. The van der Waals surface area contributed by atoms with Gasteiger partial charge in [0.2, 0.25) is 0 Å². The van der Waals surface area contributed by atoms with Crippen LogP contribution in [0.25, 0.3) is 55.3 Å². The van der Waals surface area contributed by atoms with Crippen LogP contribution in [0.1, 0.15) is 5.56 Å². The number of hydrogen-bond acceptors (Lipinski definition) is 2. The van der Waals surface area contributed by atoms with E-state index >= 15 is 0 Å². The van der Waals surface area contributed by atoms with E-state index in [1.807, 2.05) is 0 Å². The summed E-state index contributed by atoms with van der Waals surface area (Å²) in [5.74, 6) is 0.901. The highest BCUT2D eigenvalue weighted by atomic mass is 16.5. The van der Waals surface area contributed by atoms with Crippen molar-refractivity contribution in [2.24, 2.45) is 0 Å². The van der Waals surface area contributed by atoms with Crippen LogP contribution in [0.5, 0.6) is 5.75 Å². The van der Waals surface area contributed by atoms with Crippen LogP contribution in [0.3, 0.4) is 0 Å². The molecule has 0 aromatic heterocycles. The van der Waals surface area contributed by atoms with E-state index in [0.29, 0.717) is 6.61 Å². The summed E-state index contributed by atoms with van der Waals surface area (Å²) in [5.41, 5.74) is 13.9. The first-order valence-corrected chi connectivity index (χ1v) is 16.8. The summed E-state index contributed by atoms with van der Waals surface area (Å²) in [6, 6.07) is 67.2. The molecule has 2 nitrogen and oxygen atoms in total. The van der Waals surface area contributed by atoms with Crippen molar-refractivity contribution >= 4 is 27.8 Å². The zero-order chi connectivity index (χ0) is 32.6. The fourth-order valence-electron chi connectivity index (χ4n) is 7.02. The van der Waals surface area contributed by atoms with Crippen LogP contribution in [0.2, 0.25) is 0 Å². The molecule has 1 heterocycles. The highest BCUT2D eigenvalue weighted by Crippen LogP contribution is 2.49. The molecular weight excluding hydrogens is 595 g/mol. The van der Waals surface area contributed by atoms with Crippen LogP contribution in [0, 0.1) is 0 Å². The molecule has 0 amide bonds. The molecule has 0 unspecified atom stereocenters. The minimum Gasteiger partial charge on any atom is -0.486 e. The molecule has 1 aliphatic rings. The van der Waals surface area contributed by atoms with Gasteiger partial charge in [-0.25, -0.2) is 0 Å². The lowest BCUT2D eigenvalue weighted by Crippen LogP contribution is -2.14. The standard InChI is InChI=1S/C47H33NO/c1-3-10-33(11-4-1)35-18-20-36(21-19-35)38-24-28-43(29-25-38)48(42-26-22-37(23-27-42)34-12-5-2-6-13-34)46-17-9-16-44-45-31-40-15-8-7-14-39(40)30-41(45)32-49-47(44)46/h1-31H,32H2. The Balaban J connectivity index is 1.13. The Morgan fingerprint density at radius 1 is 0.367 bits per heavy atom. The highest BCUT2D eigenvalue weighted by molar-refractivity contribution is 5.94. The monoisotopic (exact) mass is 627 g/mol. The van der Waals surface area contributed by atoms with Crippen LogP contribution < -0.4 is 9.64 Å². The Morgan fingerprint density at radius 2 is 0.816 bits per heavy atom. The summed E-state index contributed by atoms with van der Waals surface area (Å²) in [7, 11) is 0. The molecule has 0 bridgehead atoms. The number of ether oxygens (including phenoxy) is 1. The Labute approximate surface area is 287 Å². The zero-order valence-electron chi connectivity index (χ0n) is 27.0. The first kappa shape index (κ1) is 28.8. The molecule has 0 atom stereocenters. The first-order valence-electron chi connectivity index (χ1n) is 16.8. The van der Waals surface area contributed by atoms with E-state index < -0.39 is 0 Å². The number of benzene rings is 8. The second-order valence-corrected chi connectivity index (χ2v) is 12.5. The Morgan fingerprint density at radius 3 is 1.35 bits per heavy atom. The van der Waals surface area contributed by atoms with Crippen LogP contribution in [0.15, 0.2) is 188 Å². The van der Waals surface area contributed by atoms with Gasteiger partial charge in [-0.05, 0) is 97.7 Å². The lowest BCUT2D eigenvalue weighted by molar-refractivity contribution is 0.303. The second-order valence-electron chi connectivity index (χ2n) is 12.5. The van der Waals surface area contributed by atoms with Crippen molar-refractivity contribution in [1.29, 1.82) is 0 Å². The smallest absolute Gasteiger partial charge is 0.151 e. The van der Waals surface area contributed by atoms with Gasteiger partial charge in [-0.3, -0.25) is 0 Å². The third-order valence-corrected chi connectivity index (χ3v) is 9.55. The minimum atomic E-state index is 0.531. The van der Waals surface area contributed by atoms with E-state index in [1.54, 1.807) is 0 Å². The molecule has 0 aliphatic carbocycles. The van der Waals surface area contributed by atoms with Crippen LogP contribution >= 0.6 is 0 Å². The van der Waals surface area contributed by atoms with Gasteiger partial charge in [0, 0.05) is 16.9 Å². The van der Waals surface area contributed by atoms with Crippen molar-refractivity contribution in [3.63, 3.8) is 0 Å². The summed E-state index contributed by atoms with van der Waals surface area (Å²) >= 11 is 0. The molecule has 0 saturated carbocycles. The quantitative estimate of drug-likeness (QED) is 0.182. The molecule has 49 heavy (non-hydrogen) atoms. The molecule has 9 rings (SSSR count). The van der Waals surface area contributed by atoms with Crippen molar-refractivity contribution in [2.45, 2.75) is 6.61 Å². The molecular formula is C47H33NO. The van der Waals surface area contributed by atoms with E-state index in [2.05, 4.69) is 193 Å². The summed E-state index contributed by atoms with van der Waals surface area (Å²) in [5, 5.41) is 2.47. The SMILES string of the molecule is c1ccc(-c2ccc(-c3ccc(N(c4ccc(-c5ccccc5)cc4)c4cccc5c4OCc4cc6ccccc6cc4-5)cc3)cc2)cc1. The Bertz CT molecular complexity index is 2400. The first-order chi connectivity index (χ1) is 24.3. The highest BCUT2D eigenvalue weighted by Gasteiger charge is 2.25. The predicted molar refractivity (Wildman–Crippen MR) is 205 cm³/mol. The van der Waals surface area contributed by atoms with Gasteiger partial charge in [0.1, 0.15) is 6.61 Å². The van der Waals surface area contributed by atoms with E-state index in [0.717, 1.165) is 28.4 Å². The van der Waals surface area contributed by atoms with Crippen molar-refractivity contribution in [1.82, 2.24) is 0 Å².